The highest BCUT2D eigenvalue weighted by Crippen LogP contribution is 2.13. The lowest BCUT2D eigenvalue weighted by Crippen LogP contribution is -2.21. The van der Waals surface area contributed by atoms with Crippen LogP contribution in [0.3, 0.4) is 0 Å². The van der Waals surface area contributed by atoms with Gasteiger partial charge in [-0.25, -0.2) is 4.79 Å². The van der Waals surface area contributed by atoms with Gasteiger partial charge in [0, 0.05) is 12.2 Å². The molecule has 0 saturated heterocycles. The van der Waals surface area contributed by atoms with Crippen LogP contribution in [-0.4, -0.2) is 23.8 Å². The zero-order valence-corrected chi connectivity index (χ0v) is 8.58. The summed E-state index contributed by atoms with van der Waals surface area (Å²) < 4.78 is 31.7. The molecule has 0 unspecified atom stereocenters. The molecule has 1 aromatic rings. The van der Waals surface area contributed by atoms with Gasteiger partial charge in [-0.3, -0.25) is 0 Å². The quantitative estimate of drug-likeness (QED) is 0.828. The number of hydrogen-bond donors (Lipinski definition) is 2. The number of para-hydroxylation sites is 1. The number of anilines is 1. The zero-order chi connectivity index (χ0) is 12.6. The van der Waals surface area contributed by atoms with E-state index in [4.69, 9.17) is 9.90 Å². The molecule has 1 aromatic carbocycles. The van der Waals surface area contributed by atoms with Gasteiger partial charge < -0.3 is 10.4 Å². The number of halogens is 3. The minimum atomic E-state index is -5.08. The third-order valence-corrected chi connectivity index (χ3v) is 1.40. The highest BCUT2D eigenvalue weighted by Gasteiger charge is 2.38. The van der Waals surface area contributed by atoms with Crippen molar-refractivity contribution in [2.75, 3.05) is 11.9 Å². The van der Waals surface area contributed by atoms with Crippen LogP contribution in [-0.2, 0) is 4.79 Å². The molecule has 0 atom stereocenters. The van der Waals surface area contributed by atoms with Crippen LogP contribution in [0.2, 0.25) is 0 Å². The lowest BCUT2D eigenvalue weighted by Gasteiger charge is -1.99. The predicted octanol–water partition coefficient (Wildman–Crippen LogP) is 2.75. The van der Waals surface area contributed by atoms with Gasteiger partial charge in [-0.2, -0.15) is 13.2 Å². The Morgan fingerprint density at radius 3 is 2.06 bits per heavy atom. The Balaban J connectivity index is 0.000000293. The topological polar surface area (TPSA) is 49.3 Å². The second kappa shape index (κ2) is 6.71. The molecule has 0 aromatic heterocycles. The third kappa shape index (κ3) is 6.69. The molecule has 0 fully saturated rings. The number of rotatable bonds is 2. The number of carboxylic acid groups (broad SMARTS) is 1. The van der Waals surface area contributed by atoms with Crippen molar-refractivity contribution >= 4 is 11.7 Å². The summed E-state index contributed by atoms with van der Waals surface area (Å²) in [5, 5.41) is 10.3. The van der Waals surface area contributed by atoms with Crippen molar-refractivity contribution in [2.24, 2.45) is 0 Å². The number of carbonyl (C=O) groups is 1. The molecule has 0 spiro atoms. The van der Waals surface area contributed by atoms with E-state index in [0.717, 1.165) is 6.54 Å². The second-order valence-electron chi connectivity index (χ2n) is 2.70. The highest BCUT2D eigenvalue weighted by atomic mass is 19.4. The maximum Gasteiger partial charge on any atom is 0.490 e. The van der Waals surface area contributed by atoms with Crippen molar-refractivity contribution in [1.82, 2.24) is 0 Å². The van der Waals surface area contributed by atoms with Gasteiger partial charge in [0.25, 0.3) is 0 Å². The summed E-state index contributed by atoms with van der Waals surface area (Å²) in [6, 6.07) is 10.2. The maximum absolute atomic E-state index is 10.6. The fraction of sp³-hybridized carbons (Fsp3) is 0.300. The van der Waals surface area contributed by atoms with Crippen LogP contribution in [0.15, 0.2) is 30.3 Å². The normalized spacial score (nSPS) is 10.0. The van der Waals surface area contributed by atoms with E-state index in [1.165, 1.54) is 5.69 Å². The third-order valence-electron chi connectivity index (χ3n) is 1.40. The average molecular weight is 235 g/mol. The Morgan fingerprint density at radius 2 is 1.75 bits per heavy atom. The van der Waals surface area contributed by atoms with Crippen molar-refractivity contribution in [3.63, 3.8) is 0 Å². The average Bonchev–Trinajstić information content (AvgIpc) is 2.19. The van der Waals surface area contributed by atoms with E-state index in [9.17, 15) is 13.2 Å². The van der Waals surface area contributed by atoms with Crippen LogP contribution in [0, 0.1) is 0 Å². The molecule has 2 N–H and O–H groups in total. The molecular formula is C10H12F3NO2. The fourth-order valence-electron chi connectivity index (χ4n) is 0.760. The molecule has 1 rings (SSSR count). The van der Waals surface area contributed by atoms with Crippen molar-refractivity contribution < 1.29 is 23.1 Å². The van der Waals surface area contributed by atoms with Crippen LogP contribution in [0.1, 0.15) is 6.92 Å². The van der Waals surface area contributed by atoms with Gasteiger partial charge in [-0.1, -0.05) is 18.2 Å². The Labute approximate surface area is 90.9 Å². The monoisotopic (exact) mass is 235 g/mol. The molecule has 0 saturated carbocycles. The summed E-state index contributed by atoms with van der Waals surface area (Å²) >= 11 is 0. The molecule has 0 amide bonds. The smallest absolute Gasteiger partial charge is 0.475 e. The van der Waals surface area contributed by atoms with Crippen LogP contribution in [0.25, 0.3) is 0 Å². The lowest BCUT2D eigenvalue weighted by molar-refractivity contribution is -0.192. The minimum Gasteiger partial charge on any atom is -0.475 e. The largest absolute Gasteiger partial charge is 0.490 e. The zero-order valence-electron chi connectivity index (χ0n) is 8.58. The standard InChI is InChI=1S/C8H11N.C2HF3O2/c1-2-9-8-6-4-3-5-7-8;3-2(4,5)1(6)7/h3-7,9H,2H2,1H3;(H,6,7). The number of aliphatic carboxylic acids is 1. The van der Waals surface area contributed by atoms with Gasteiger partial charge in [0.2, 0.25) is 0 Å². The summed E-state index contributed by atoms with van der Waals surface area (Å²) in [7, 11) is 0. The summed E-state index contributed by atoms with van der Waals surface area (Å²) in [5.74, 6) is -2.76. The molecular weight excluding hydrogens is 223 g/mol. The molecule has 0 radical (unpaired) electrons. The van der Waals surface area contributed by atoms with E-state index in [1.54, 1.807) is 0 Å². The van der Waals surface area contributed by atoms with Gasteiger partial charge in [0.15, 0.2) is 0 Å². The summed E-state index contributed by atoms with van der Waals surface area (Å²) in [6.45, 7) is 3.08. The second-order valence-corrected chi connectivity index (χ2v) is 2.70. The SMILES string of the molecule is CCNc1ccccc1.O=C(O)C(F)(F)F. The van der Waals surface area contributed by atoms with Gasteiger partial charge >= 0.3 is 12.1 Å². The Morgan fingerprint density at radius 1 is 1.31 bits per heavy atom. The number of hydrogen-bond acceptors (Lipinski definition) is 2. The summed E-state index contributed by atoms with van der Waals surface area (Å²) in [4.78, 5) is 8.90. The van der Waals surface area contributed by atoms with Crippen LogP contribution in [0.5, 0.6) is 0 Å². The van der Waals surface area contributed by atoms with E-state index < -0.39 is 12.1 Å². The first-order valence-corrected chi connectivity index (χ1v) is 4.47. The molecule has 0 aliphatic heterocycles. The first-order valence-electron chi connectivity index (χ1n) is 4.47. The van der Waals surface area contributed by atoms with Crippen molar-refractivity contribution in [3.05, 3.63) is 30.3 Å². The van der Waals surface area contributed by atoms with Gasteiger partial charge in [0.05, 0.1) is 0 Å². The van der Waals surface area contributed by atoms with Crippen molar-refractivity contribution in [1.29, 1.82) is 0 Å². The number of carboxylic acids is 1. The number of benzene rings is 1. The Bertz CT molecular complexity index is 312. The Kier molecular flexibility index (Phi) is 5.99. The van der Waals surface area contributed by atoms with Crippen LogP contribution < -0.4 is 5.32 Å². The highest BCUT2D eigenvalue weighted by molar-refractivity contribution is 5.73. The van der Waals surface area contributed by atoms with Gasteiger partial charge in [-0.15, -0.1) is 0 Å². The number of alkyl halides is 3. The fourth-order valence-corrected chi connectivity index (χ4v) is 0.760. The van der Waals surface area contributed by atoms with E-state index in [0.29, 0.717) is 0 Å². The van der Waals surface area contributed by atoms with Crippen molar-refractivity contribution in [2.45, 2.75) is 13.1 Å². The van der Waals surface area contributed by atoms with Gasteiger partial charge in [-0.05, 0) is 19.1 Å². The lowest BCUT2D eigenvalue weighted by atomic mass is 10.3. The van der Waals surface area contributed by atoms with Crippen LogP contribution in [0.4, 0.5) is 18.9 Å². The molecule has 16 heavy (non-hydrogen) atoms. The molecule has 6 heteroatoms. The molecule has 0 aliphatic rings. The molecule has 3 nitrogen and oxygen atoms in total. The first-order chi connectivity index (χ1) is 7.38. The summed E-state index contributed by atoms with van der Waals surface area (Å²) in [5.41, 5.74) is 1.19. The first kappa shape index (κ1) is 14.3. The molecule has 0 heterocycles. The summed E-state index contributed by atoms with van der Waals surface area (Å²) in [6.07, 6.45) is -5.08. The molecule has 0 bridgehead atoms. The van der Waals surface area contributed by atoms with E-state index in [1.807, 2.05) is 18.2 Å². The van der Waals surface area contributed by atoms with E-state index in [-0.39, 0.29) is 0 Å². The molecule has 90 valence electrons. The molecule has 0 aliphatic carbocycles. The minimum absolute atomic E-state index is 0.990. The van der Waals surface area contributed by atoms with Crippen molar-refractivity contribution in [3.8, 4) is 0 Å². The predicted molar refractivity (Wildman–Crippen MR) is 54.3 cm³/mol. The number of nitrogens with one attached hydrogen (secondary N) is 1. The van der Waals surface area contributed by atoms with E-state index in [2.05, 4.69) is 24.4 Å². The maximum atomic E-state index is 10.6. The Hall–Kier alpha value is -1.72. The van der Waals surface area contributed by atoms with Gasteiger partial charge in [0.1, 0.15) is 0 Å². The van der Waals surface area contributed by atoms with E-state index >= 15 is 0 Å². The van der Waals surface area contributed by atoms with Crippen LogP contribution >= 0.6 is 0 Å².